The first-order chi connectivity index (χ1) is 8.10. The number of hydrogen-bond acceptors (Lipinski definition) is 4. The van der Waals surface area contributed by atoms with Crippen molar-refractivity contribution in [1.29, 1.82) is 0 Å². The van der Waals surface area contributed by atoms with Gasteiger partial charge in [0.1, 0.15) is 0 Å². The first kappa shape index (κ1) is 14.4. The van der Waals surface area contributed by atoms with E-state index >= 15 is 0 Å². The average Bonchev–Trinajstić information content (AvgIpc) is 2.28. The fraction of sp³-hybridized carbons (Fsp3) is 0.538. The van der Waals surface area contributed by atoms with Crippen molar-refractivity contribution in [2.24, 2.45) is 5.73 Å². The van der Waals surface area contributed by atoms with Gasteiger partial charge in [0.25, 0.3) is 0 Å². The molecule has 0 heterocycles. The Balaban J connectivity index is 3.01. The lowest BCUT2D eigenvalue weighted by Crippen LogP contribution is -2.28. The van der Waals surface area contributed by atoms with E-state index in [2.05, 4.69) is 24.0 Å². The highest BCUT2D eigenvalue weighted by molar-refractivity contribution is 7.99. The summed E-state index contributed by atoms with van der Waals surface area (Å²) in [6, 6.07) is 6.21. The lowest BCUT2D eigenvalue weighted by Gasteiger charge is -2.24. The van der Waals surface area contributed by atoms with E-state index in [1.807, 2.05) is 24.9 Å². The molecule has 17 heavy (non-hydrogen) atoms. The van der Waals surface area contributed by atoms with Crippen molar-refractivity contribution in [2.45, 2.75) is 31.4 Å². The zero-order chi connectivity index (χ0) is 12.8. The van der Waals surface area contributed by atoms with Gasteiger partial charge in [0.15, 0.2) is 0 Å². The first-order valence-corrected chi connectivity index (χ1v) is 6.92. The second-order valence-electron chi connectivity index (χ2n) is 4.12. The van der Waals surface area contributed by atoms with Crippen LogP contribution in [0.25, 0.3) is 0 Å². The maximum absolute atomic E-state index is 9.44. The Hall–Kier alpha value is -0.710. The molecular weight excluding hydrogens is 232 g/mol. The second-order valence-corrected chi connectivity index (χ2v) is 5.43. The molecule has 0 aliphatic carbocycles. The summed E-state index contributed by atoms with van der Waals surface area (Å²) >= 11 is 1.81. The van der Waals surface area contributed by atoms with Crippen LogP contribution in [0.5, 0.6) is 0 Å². The van der Waals surface area contributed by atoms with Gasteiger partial charge in [0.05, 0.1) is 6.10 Å². The fourth-order valence-electron chi connectivity index (χ4n) is 1.90. The van der Waals surface area contributed by atoms with Crippen molar-refractivity contribution in [1.82, 2.24) is 0 Å². The van der Waals surface area contributed by atoms with Crippen molar-refractivity contribution in [2.75, 3.05) is 24.2 Å². The molecule has 0 amide bonds. The summed E-state index contributed by atoms with van der Waals surface area (Å²) in [4.78, 5) is 3.30. The monoisotopic (exact) mass is 254 g/mol. The molecule has 1 aromatic rings. The highest BCUT2D eigenvalue weighted by Crippen LogP contribution is 2.30. The molecule has 3 N–H and O–H groups in total. The van der Waals surface area contributed by atoms with Gasteiger partial charge in [-0.25, -0.2) is 0 Å². The summed E-state index contributed by atoms with van der Waals surface area (Å²) in [5.41, 5.74) is 8.13. The molecule has 0 aromatic heterocycles. The van der Waals surface area contributed by atoms with Gasteiger partial charge in [-0.2, -0.15) is 0 Å². The molecule has 1 unspecified atom stereocenters. The van der Waals surface area contributed by atoms with Gasteiger partial charge in [-0.05, 0) is 24.8 Å². The van der Waals surface area contributed by atoms with Gasteiger partial charge in [-0.1, -0.05) is 13.0 Å². The minimum absolute atomic E-state index is 0.340. The highest BCUT2D eigenvalue weighted by atomic mass is 32.2. The smallest absolute Gasteiger partial charge is 0.0686 e. The summed E-state index contributed by atoms with van der Waals surface area (Å²) in [5.74, 6) is 1.04. The molecular formula is C13H22N2OS. The van der Waals surface area contributed by atoms with E-state index in [0.29, 0.717) is 13.1 Å². The molecule has 4 heteroatoms. The molecule has 0 bridgehead atoms. The predicted molar refractivity (Wildman–Crippen MR) is 75.7 cm³/mol. The van der Waals surface area contributed by atoms with Gasteiger partial charge in [0.2, 0.25) is 0 Å². The number of aliphatic hydroxyl groups excluding tert-OH is 1. The van der Waals surface area contributed by atoms with Crippen LogP contribution in [0.3, 0.4) is 0 Å². The van der Waals surface area contributed by atoms with Gasteiger partial charge in [0, 0.05) is 36.3 Å². The van der Waals surface area contributed by atoms with Crippen LogP contribution in [-0.2, 0) is 6.54 Å². The molecule has 0 radical (unpaired) electrons. The summed E-state index contributed by atoms with van der Waals surface area (Å²) in [5, 5.41) is 9.44. The predicted octanol–water partition coefficient (Wildman–Crippen LogP) is 2.07. The van der Waals surface area contributed by atoms with Crippen LogP contribution in [0.2, 0.25) is 0 Å². The highest BCUT2D eigenvalue weighted by Gasteiger charge is 2.11. The van der Waals surface area contributed by atoms with E-state index in [1.54, 1.807) is 6.92 Å². The number of nitrogens with two attached hydrogens (primary N) is 1. The van der Waals surface area contributed by atoms with Gasteiger partial charge in [-0.3, -0.25) is 0 Å². The largest absolute Gasteiger partial charge is 0.392 e. The minimum atomic E-state index is -0.340. The molecule has 0 saturated carbocycles. The zero-order valence-corrected chi connectivity index (χ0v) is 11.6. The molecule has 3 nitrogen and oxygen atoms in total. The third-order valence-electron chi connectivity index (χ3n) is 2.56. The Labute approximate surface area is 108 Å². The molecule has 0 fully saturated rings. The Morgan fingerprint density at radius 2 is 2.18 bits per heavy atom. The summed E-state index contributed by atoms with van der Waals surface area (Å²) in [6.07, 6.45) is -0.340. The second kappa shape index (κ2) is 6.89. The molecule has 1 atom stereocenters. The lowest BCUT2D eigenvalue weighted by molar-refractivity contribution is 0.201. The number of nitrogens with zero attached hydrogens (tertiary/aromatic N) is 1. The number of thioether (sulfide) groups is 1. The number of hydrogen-bond donors (Lipinski definition) is 2. The zero-order valence-electron chi connectivity index (χ0n) is 10.8. The van der Waals surface area contributed by atoms with E-state index in [1.165, 1.54) is 10.5 Å². The Morgan fingerprint density at radius 1 is 1.47 bits per heavy atom. The van der Waals surface area contributed by atoms with Crippen LogP contribution in [0.1, 0.15) is 19.4 Å². The van der Waals surface area contributed by atoms with E-state index in [0.717, 1.165) is 11.4 Å². The van der Waals surface area contributed by atoms with Crippen LogP contribution in [-0.4, -0.2) is 30.6 Å². The van der Waals surface area contributed by atoms with Crippen LogP contribution >= 0.6 is 11.8 Å². The number of benzene rings is 1. The Kier molecular flexibility index (Phi) is 5.82. The molecule has 0 aliphatic heterocycles. The number of rotatable bonds is 6. The lowest BCUT2D eigenvalue weighted by atomic mass is 10.1. The molecule has 96 valence electrons. The molecule has 0 saturated heterocycles. The van der Waals surface area contributed by atoms with E-state index in [-0.39, 0.29) is 6.10 Å². The summed E-state index contributed by atoms with van der Waals surface area (Å²) in [7, 11) is 1.99. The number of anilines is 1. The average molecular weight is 254 g/mol. The first-order valence-electron chi connectivity index (χ1n) is 5.94. The Bertz CT molecular complexity index is 355. The topological polar surface area (TPSA) is 49.5 Å². The van der Waals surface area contributed by atoms with E-state index in [4.69, 9.17) is 5.73 Å². The SMILES string of the molecule is CCSc1cccc(N(C)CC(C)O)c1CN. The molecule has 0 spiro atoms. The van der Waals surface area contributed by atoms with Crippen LogP contribution in [0.4, 0.5) is 5.69 Å². The summed E-state index contributed by atoms with van der Waals surface area (Å²) in [6.45, 7) is 5.08. The van der Waals surface area contributed by atoms with Crippen molar-refractivity contribution >= 4 is 17.4 Å². The minimum Gasteiger partial charge on any atom is -0.392 e. The van der Waals surface area contributed by atoms with Gasteiger partial charge < -0.3 is 15.7 Å². The normalized spacial score (nSPS) is 12.5. The van der Waals surface area contributed by atoms with E-state index < -0.39 is 0 Å². The maximum Gasteiger partial charge on any atom is 0.0686 e. The van der Waals surface area contributed by atoms with Gasteiger partial charge >= 0.3 is 0 Å². The van der Waals surface area contributed by atoms with Crippen molar-refractivity contribution in [3.8, 4) is 0 Å². The van der Waals surface area contributed by atoms with Crippen molar-refractivity contribution in [3.63, 3.8) is 0 Å². The van der Waals surface area contributed by atoms with Gasteiger partial charge in [-0.15, -0.1) is 11.8 Å². The molecule has 1 rings (SSSR count). The maximum atomic E-state index is 9.44. The molecule has 1 aromatic carbocycles. The van der Waals surface area contributed by atoms with Crippen molar-refractivity contribution < 1.29 is 5.11 Å². The fourth-order valence-corrected chi connectivity index (χ4v) is 2.75. The third kappa shape index (κ3) is 3.91. The van der Waals surface area contributed by atoms with E-state index in [9.17, 15) is 5.11 Å². The quantitative estimate of drug-likeness (QED) is 0.763. The molecule has 0 aliphatic rings. The standard InChI is InChI=1S/C13H22N2OS/c1-4-17-13-7-5-6-12(11(13)8-14)15(3)9-10(2)16/h5-7,10,16H,4,8-9,14H2,1-3H3. The van der Waals surface area contributed by atoms with Crippen LogP contribution in [0, 0.1) is 0 Å². The van der Waals surface area contributed by atoms with Crippen molar-refractivity contribution in [3.05, 3.63) is 23.8 Å². The van der Waals surface area contributed by atoms with Crippen LogP contribution < -0.4 is 10.6 Å². The number of likely N-dealkylation sites (N-methyl/N-ethyl adjacent to an activating group) is 1. The third-order valence-corrected chi connectivity index (χ3v) is 3.54. The summed E-state index contributed by atoms with van der Waals surface area (Å²) < 4.78 is 0. The Morgan fingerprint density at radius 3 is 2.71 bits per heavy atom. The number of aliphatic hydroxyl groups is 1. The van der Waals surface area contributed by atoms with Crippen LogP contribution in [0.15, 0.2) is 23.1 Å².